The van der Waals surface area contributed by atoms with Crippen LogP contribution < -0.4 is 5.32 Å². The van der Waals surface area contributed by atoms with E-state index in [1.807, 2.05) is 28.0 Å². The van der Waals surface area contributed by atoms with E-state index in [0.717, 1.165) is 38.6 Å². The van der Waals surface area contributed by atoms with Crippen LogP contribution in [-0.4, -0.2) is 63.8 Å². The highest BCUT2D eigenvalue weighted by atomic mass is 32.2. The molecule has 1 fully saturated rings. The van der Waals surface area contributed by atoms with E-state index in [-0.39, 0.29) is 11.1 Å². The van der Waals surface area contributed by atoms with Gasteiger partial charge in [-0.25, -0.2) is 14.8 Å². The number of rotatable bonds is 2. The third kappa shape index (κ3) is 3.52. The zero-order chi connectivity index (χ0) is 21.7. The number of thioether (sulfide) groups is 1. The number of carbonyl (C=O) groups is 2. The Hall–Kier alpha value is -2.69. The van der Waals surface area contributed by atoms with Gasteiger partial charge in [0, 0.05) is 41.5 Å². The van der Waals surface area contributed by atoms with Crippen LogP contribution in [0.2, 0.25) is 0 Å². The van der Waals surface area contributed by atoms with Gasteiger partial charge in [0.15, 0.2) is 5.12 Å². The number of anilines is 2. The summed E-state index contributed by atoms with van der Waals surface area (Å²) >= 11 is 2.94. The molecule has 32 heavy (non-hydrogen) atoms. The number of benzene rings is 1. The minimum Gasteiger partial charge on any atom is -0.378 e. The summed E-state index contributed by atoms with van der Waals surface area (Å²) in [5.41, 5.74) is 3.21. The fourth-order valence-electron chi connectivity index (χ4n) is 4.46. The molecule has 3 aliphatic heterocycles. The maximum absolute atomic E-state index is 12.9. The first-order valence-corrected chi connectivity index (χ1v) is 12.3. The summed E-state index contributed by atoms with van der Waals surface area (Å²) in [6.45, 7) is 3.80. The number of nitrogens with one attached hydrogen (secondary N) is 1. The van der Waals surface area contributed by atoms with Crippen molar-refractivity contribution in [2.24, 2.45) is 0 Å². The summed E-state index contributed by atoms with van der Waals surface area (Å²) in [6, 6.07) is 6.10. The van der Waals surface area contributed by atoms with Gasteiger partial charge >= 0.3 is 6.03 Å². The summed E-state index contributed by atoms with van der Waals surface area (Å²) < 4.78 is 5.37. The van der Waals surface area contributed by atoms with Crippen LogP contribution in [0.1, 0.15) is 16.0 Å². The molecule has 1 saturated heterocycles. The summed E-state index contributed by atoms with van der Waals surface area (Å²) in [4.78, 5) is 40.6. The van der Waals surface area contributed by atoms with Gasteiger partial charge in [-0.05, 0) is 29.7 Å². The molecule has 10 heteroatoms. The molecular weight excluding hydrogens is 446 g/mol. The van der Waals surface area contributed by atoms with Crippen LogP contribution in [0.15, 0.2) is 29.4 Å². The van der Waals surface area contributed by atoms with Crippen molar-refractivity contribution in [3.05, 3.63) is 40.5 Å². The average Bonchev–Trinajstić information content (AvgIpc) is 3.38. The van der Waals surface area contributed by atoms with E-state index in [1.165, 1.54) is 22.2 Å². The first-order chi connectivity index (χ1) is 15.7. The van der Waals surface area contributed by atoms with Gasteiger partial charge in [-0.2, -0.15) is 0 Å². The van der Waals surface area contributed by atoms with Crippen LogP contribution in [-0.2, 0) is 28.9 Å². The minimum atomic E-state index is 0.0889. The van der Waals surface area contributed by atoms with Gasteiger partial charge in [-0.1, -0.05) is 17.8 Å². The first-order valence-electron chi connectivity index (χ1n) is 10.6. The van der Waals surface area contributed by atoms with Crippen molar-refractivity contribution in [3.63, 3.8) is 0 Å². The van der Waals surface area contributed by atoms with Crippen molar-refractivity contribution in [3.8, 4) is 0 Å². The van der Waals surface area contributed by atoms with Gasteiger partial charge in [-0.3, -0.25) is 4.79 Å². The first kappa shape index (κ1) is 20.0. The highest BCUT2D eigenvalue weighted by Crippen LogP contribution is 2.39. The fraction of sp³-hybridized carbons (Fsp3) is 0.364. The maximum Gasteiger partial charge on any atom is 0.320 e. The Bertz CT molecular complexity index is 1240. The summed E-state index contributed by atoms with van der Waals surface area (Å²) in [6.07, 6.45) is 2.85. The number of urea groups is 1. The Morgan fingerprint density at radius 1 is 1.12 bits per heavy atom. The second kappa shape index (κ2) is 8.02. The van der Waals surface area contributed by atoms with Gasteiger partial charge in [0.25, 0.3) is 0 Å². The number of morpholine rings is 1. The maximum atomic E-state index is 12.9. The molecule has 0 bridgehead atoms. The third-order valence-corrected chi connectivity index (χ3v) is 8.17. The summed E-state index contributed by atoms with van der Waals surface area (Å²) in [5, 5.41) is 4.66. The molecule has 2 aromatic heterocycles. The summed E-state index contributed by atoms with van der Waals surface area (Å²) in [7, 11) is 0. The van der Waals surface area contributed by atoms with Crippen LogP contribution in [0.3, 0.4) is 0 Å². The molecule has 6 rings (SSSR count). The Kier molecular flexibility index (Phi) is 5.00. The molecule has 0 aliphatic carbocycles. The van der Waals surface area contributed by atoms with Gasteiger partial charge in [0.05, 0.1) is 25.1 Å². The number of carbonyl (C=O) groups excluding carboxylic acids is 2. The van der Waals surface area contributed by atoms with E-state index in [2.05, 4.69) is 15.3 Å². The van der Waals surface area contributed by atoms with Crippen molar-refractivity contribution in [2.45, 2.75) is 24.3 Å². The SMILES string of the molecule is O=C1Cc2ccc(Nc3ncnc4sc5c(c34)CCN(C(=O)N3CCOCC3)C5)cc2S1. The number of hydrogen-bond acceptors (Lipinski definition) is 8. The van der Waals surface area contributed by atoms with Crippen molar-refractivity contribution >= 4 is 56.0 Å². The van der Waals surface area contributed by atoms with E-state index >= 15 is 0 Å². The van der Waals surface area contributed by atoms with Crippen LogP contribution in [0.25, 0.3) is 10.2 Å². The molecule has 3 aromatic rings. The number of amides is 2. The molecule has 1 aromatic carbocycles. The number of thiophene rings is 1. The molecule has 0 saturated carbocycles. The third-order valence-electron chi connectivity index (χ3n) is 6.08. The van der Waals surface area contributed by atoms with Gasteiger partial charge in [0.1, 0.15) is 17.0 Å². The van der Waals surface area contributed by atoms with E-state index in [1.54, 1.807) is 17.7 Å². The molecule has 0 spiro atoms. The van der Waals surface area contributed by atoms with Gasteiger partial charge in [-0.15, -0.1) is 11.3 Å². The van der Waals surface area contributed by atoms with Gasteiger partial charge in [0.2, 0.25) is 0 Å². The number of hydrogen-bond donors (Lipinski definition) is 1. The number of fused-ring (bicyclic) bond motifs is 4. The number of aromatic nitrogens is 2. The molecule has 0 radical (unpaired) electrons. The Balaban J connectivity index is 1.28. The zero-order valence-corrected chi connectivity index (χ0v) is 18.9. The summed E-state index contributed by atoms with van der Waals surface area (Å²) in [5.74, 6) is 0.773. The van der Waals surface area contributed by atoms with Crippen LogP contribution in [0.4, 0.5) is 16.3 Å². The van der Waals surface area contributed by atoms with E-state index in [9.17, 15) is 9.59 Å². The second-order valence-corrected chi connectivity index (χ2v) is 10.2. The molecule has 1 N–H and O–H groups in total. The smallest absolute Gasteiger partial charge is 0.320 e. The monoisotopic (exact) mass is 467 g/mol. The molecular formula is C22H21N5O3S2. The minimum absolute atomic E-state index is 0.0889. The van der Waals surface area contributed by atoms with Crippen LogP contribution in [0, 0.1) is 0 Å². The standard InChI is InChI=1S/C22H21N5O3S2/c28-18-9-13-1-2-14(10-16(13)31-18)25-20-19-15-3-4-27(22(29)26-5-7-30-8-6-26)11-17(15)32-21(19)24-12-23-20/h1-2,10,12H,3-9,11H2,(H,23,24,25). The van der Waals surface area contributed by atoms with Crippen LogP contribution >= 0.6 is 23.1 Å². The van der Waals surface area contributed by atoms with E-state index < -0.39 is 0 Å². The predicted molar refractivity (Wildman–Crippen MR) is 124 cm³/mol. The Morgan fingerprint density at radius 3 is 2.88 bits per heavy atom. The lowest BCUT2D eigenvalue weighted by atomic mass is 10.0. The molecule has 3 aliphatic rings. The number of nitrogens with zero attached hydrogens (tertiary/aromatic N) is 4. The lowest BCUT2D eigenvalue weighted by Crippen LogP contribution is -2.49. The highest BCUT2D eigenvalue weighted by molar-refractivity contribution is 8.14. The quantitative estimate of drug-likeness (QED) is 0.618. The van der Waals surface area contributed by atoms with Crippen molar-refractivity contribution in [1.29, 1.82) is 0 Å². The van der Waals surface area contributed by atoms with Gasteiger partial charge < -0.3 is 19.9 Å². The molecule has 8 nitrogen and oxygen atoms in total. The molecule has 0 unspecified atom stereocenters. The highest BCUT2D eigenvalue weighted by Gasteiger charge is 2.29. The fourth-order valence-corrected chi connectivity index (χ4v) is 6.60. The normalized spacial score (nSPS) is 18.1. The average molecular weight is 468 g/mol. The number of ether oxygens (including phenoxy) is 1. The van der Waals surface area contributed by atoms with E-state index in [0.29, 0.717) is 45.8 Å². The lowest BCUT2D eigenvalue weighted by molar-refractivity contribution is -0.110. The van der Waals surface area contributed by atoms with Crippen LogP contribution in [0.5, 0.6) is 0 Å². The molecule has 5 heterocycles. The van der Waals surface area contributed by atoms with Crippen molar-refractivity contribution < 1.29 is 14.3 Å². The second-order valence-electron chi connectivity index (χ2n) is 8.06. The molecule has 0 atom stereocenters. The molecule has 164 valence electrons. The van der Waals surface area contributed by atoms with E-state index in [4.69, 9.17) is 4.74 Å². The zero-order valence-electron chi connectivity index (χ0n) is 17.3. The van der Waals surface area contributed by atoms with Crippen molar-refractivity contribution in [2.75, 3.05) is 38.2 Å². The van der Waals surface area contributed by atoms with Crippen molar-refractivity contribution in [1.82, 2.24) is 19.8 Å². The lowest BCUT2D eigenvalue weighted by Gasteiger charge is -2.34. The largest absolute Gasteiger partial charge is 0.378 e. The Morgan fingerprint density at radius 2 is 2.00 bits per heavy atom. The topological polar surface area (TPSA) is 87.7 Å². The predicted octanol–water partition coefficient (Wildman–Crippen LogP) is 3.42. The molecule has 2 amide bonds. The Labute approximate surface area is 193 Å².